The third-order valence-electron chi connectivity index (χ3n) is 1.95. The molecular weight excluding hydrogens is 308 g/mol. The van der Waals surface area contributed by atoms with Gasteiger partial charge in [0.1, 0.15) is 6.54 Å². The van der Waals surface area contributed by atoms with Crippen LogP contribution in [-0.4, -0.2) is 47.9 Å². The molecule has 0 unspecified atom stereocenters. The standard InChI is InChI=1S/C10H11BrN2O5/c1-13(5-8(14)12-4-9(15)16)10(17)6-2-3-7(11)18-6/h2-3H,4-5H2,1H3,(H,12,14)(H,15,16). The van der Waals surface area contributed by atoms with Gasteiger partial charge in [0, 0.05) is 7.05 Å². The van der Waals surface area contributed by atoms with Gasteiger partial charge in [0.05, 0.1) is 6.54 Å². The number of nitrogens with one attached hydrogen (secondary N) is 1. The molecule has 0 spiro atoms. The second-order valence-corrected chi connectivity index (χ2v) is 4.22. The highest BCUT2D eigenvalue weighted by atomic mass is 79.9. The van der Waals surface area contributed by atoms with Gasteiger partial charge in [0.2, 0.25) is 5.91 Å². The maximum absolute atomic E-state index is 11.7. The molecule has 18 heavy (non-hydrogen) atoms. The Morgan fingerprint density at radius 3 is 2.61 bits per heavy atom. The maximum Gasteiger partial charge on any atom is 0.322 e. The van der Waals surface area contributed by atoms with Crippen LogP contribution in [0, 0.1) is 0 Å². The molecule has 0 aliphatic carbocycles. The van der Waals surface area contributed by atoms with E-state index in [1.54, 1.807) is 6.07 Å². The molecule has 2 amide bonds. The van der Waals surface area contributed by atoms with E-state index in [0.29, 0.717) is 4.67 Å². The lowest BCUT2D eigenvalue weighted by atomic mass is 10.4. The number of halogens is 1. The van der Waals surface area contributed by atoms with E-state index in [0.717, 1.165) is 4.90 Å². The van der Waals surface area contributed by atoms with Crippen molar-refractivity contribution in [1.29, 1.82) is 0 Å². The topological polar surface area (TPSA) is 99.9 Å². The van der Waals surface area contributed by atoms with Crippen molar-refractivity contribution in [1.82, 2.24) is 10.2 Å². The van der Waals surface area contributed by atoms with E-state index in [2.05, 4.69) is 21.2 Å². The Labute approximate surface area is 111 Å². The first-order valence-corrected chi connectivity index (χ1v) is 5.68. The van der Waals surface area contributed by atoms with Gasteiger partial charge >= 0.3 is 5.97 Å². The van der Waals surface area contributed by atoms with Crippen LogP contribution in [0.3, 0.4) is 0 Å². The van der Waals surface area contributed by atoms with Crippen molar-refractivity contribution in [3.63, 3.8) is 0 Å². The van der Waals surface area contributed by atoms with Crippen LogP contribution >= 0.6 is 15.9 Å². The molecule has 0 aliphatic heterocycles. The number of amides is 2. The molecule has 0 saturated carbocycles. The van der Waals surface area contributed by atoms with Gasteiger partial charge in [-0.05, 0) is 28.1 Å². The van der Waals surface area contributed by atoms with Crippen LogP contribution in [0.25, 0.3) is 0 Å². The lowest BCUT2D eigenvalue weighted by Crippen LogP contribution is -2.40. The fourth-order valence-electron chi connectivity index (χ4n) is 1.13. The van der Waals surface area contributed by atoms with Crippen molar-refractivity contribution in [3.05, 3.63) is 22.6 Å². The van der Waals surface area contributed by atoms with Gasteiger partial charge in [0.15, 0.2) is 10.4 Å². The molecule has 0 bridgehead atoms. The average Bonchev–Trinajstić information content (AvgIpc) is 2.72. The lowest BCUT2D eigenvalue weighted by molar-refractivity contribution is -0.138. The first-order chi connectivity index (χ1) is 8.40. The highest BCUT2D eigenvalue weighted by Crippen LogP contribution is 2.15. The third-order valence-corrected chi connectivity index (χ3v) is 2.37. The molecule has 8 heteroatoms. The van der Waals surface area contributed by atoms with E-state index in [1.165, 1.54) is 13.1 Å². The largest absolute Gasteiger partial charge is 0.480 e. The molecule has 1 aromatic rings. The summed E-state index contributed by atoms with van der Waals surface area (Å²) in [6.45, 7) is -0.725. The predicted molar refractivity (Wildman–Crippen MR) is 64.0 cm³/mol. The van der Waals surface area contributed by atoms with E-state index >= 15 is 0 Å². The summed E-state index contributed by atoms with van der Waals surface area (Å²) in [5.41, 5.74) is 0. The third kappa shape index (κ3) is 4.21. The summed E-state index contributed by atoms with van der Waals surface area (Å²) < 4.78 is 5.46. The zero-order valence-electron chi connectivity index (χ0n) is 9.47. The fourth-order valence-corrected chi connectivity index (χ4v) is 1.44. The van der Waals surface area contributed by atoms with Crippen LogP contribution in [0.5, 0.6) is 0 Å². The summed E-state index contributed by atoms with van der Waals surface area (Å²) in [4.78, 5) is 34.4. The molecule has 7 nitrogen and oxygen atoms in total. The average molecular weight is 319 g/mol. The molecular formula is C10H11BrN2O5. The van der Waals surface area contributed by atoms with Crippen LogP contribution in [0.2, 0.25) is 0 Å². The van der Waals surface area contributed by atoms with Crippen molar-refractivity contribution >= 4 is 33.7 Å². The quantitative estimate of drug-likeness (QED) is 0.814. The van der Waals surface area contributed by atoms with E-state index in [-0.39, 0.29) is 12.3 Å². The number of hydrogen-bond acceptors (Lipinski definition) is 4. The predicted octanol–water partition coefficient (Wildman–Crippen LogP) is 0.315. The Hall–Kier alpha value is -1.83. The number of likely N-dealkylation sites (N-methyl/N-ethyl adjacent to an activating group) is 1. The number of furan rings is 1. The van der Waals surface area contributed by atoms with E-state index < -0.39 is 24.3 Å². The molecule has 0 aromatic carbocycles. The van der Waals surface area contributed by atoms with Crippen molar-refractivity contribution in [2.45, 2.75) is 0 Å². The van der Waals surface area contributed by atoms with Gasteiger partial charge in [-0.2, -0.15) is 0 Å². The number of carbonyl (C=O) groups excluding carboxylic acids is 2. The smallest absolute Gasteiger partial charge is 0.322 e. The van der Waals surface area contributed by atoms with Crippen LogP contribution < -0.4 is 5.32 Å². The minimum atomic E-state index is -1.15. The summed E-state index contributed by atoms with van der Waals surface area (Å²) in [6, 6.07) is 3.03. The van der Waals surface area contributed by atoms with Crippen molar-refractivity contribution in [2.24, 2.45) is 0 Å². The second-order valence-electron chi connectivity index (χ2n) is 3.44. The molecule has 0 aliphatic rings. The number of carboxylic acid groups (broad SMARTS) is 1. The van der Waals surface area contributed by atoms with Crippen LogP contribution in [-0.2, 0) is 9.59 Å². The van der Waals surface area contributed by atoms with E-state index in [9.17, 15) is 14.4 Å². The van der Waals surface area contributed by atoms with Crippen molar-refractivity contribution in [3.8, 4) is 0 Å². The summed E-state index contributed by atoms with van der Waals surface area (Å²) in [5.74, 6) is -2.08. The highest BCUT2D eigenvalue weighted by molar-refractivity contribution is 9.10. The molecule has 1 rings (SSSR count). The normalized spacial score (nSPS) is 9.89. The number of rotatable bonds is 5. The minimum absolute atomic E-state index is 0.0930. The zero-order valence-corrected chi connectivity index (χ0v) is 11.1. The zero-order chi connectivity index (χ0) is 13.7. The molecule has 1 aromatic heterocycles. The maximum atomic E-state index is 11.7. The number of carboxylic acids is 1. The Bertz CT molecular complexity index is 471. The van der Waals surface area contributed by atoms with Crippen LogP contribution in [0.15, 0.2) is 21.2 Å². The Balaban J connectivity index is 2.50. The van der Waals surface area contributed by atoms with Crippen molar-refractivity contribution < 1.29 is 23.9 Å². The Kier molecular flexibility index (Phi) is 4.90. The van der Waals surface area contributed by atoms with Crippen molar-refractivity contribution in [2.75, 3.05) is 20.1 Å². The van der Waals surface area contributed by atoms with Gasteiger partial charge in [-0.15, -0.1) is 0 Å². The van der Waals surface area contributed by atoms with Crippen LogP contribution in [0.4, 0.5) is 0 Å². The summed E-state index contributed by atoms with van der Waals surface area (Å²) in [6.07, 6.45) is 0. The first-order valence-electron chi connectivity index (χ1n) is 4.89. The molecule has 98 valence electrons. The highest BCUT2D eigenvalue weighted by Gasteiger charge is 2.18. The van der Waals surface area contributed by atoms with Gasteiger partial charge in [0.25, 0.3) is 5.91 Å². The molecule has 0 radical (unpaired) electrons. The Morgan fingerprint density at radius 2 is 2.11 bits per heavy atom. The van der Waals surface area contributed by atoms with Gasteiger partial charge in [-0.3, -0.25) is 14.4 Å². The van der Waals surface area contributed by atoms with Gasteiger partial charge in [-0.1, -0.05) is 0 Å². The number of hydrogen-bond donors (Lipinski definition) is 2. The molecule has 1 heterocycles. The van der Waals surface area contributed by atoms with Crippen LogP contribution in [0.1, 0.15) is 10.6 Å². The SMILES string of the molecule is CN(CC(=O)NCC(=O)O)C(=O)c1ccc(Br)o1. The Morgan fingerprint density at radius 1 is 1.44 bits per heavy atom. The summed E-state index contributed by atoms with van der Waals surface area (Å²) >= 11 is 3.06. The van der Waals surface area contributed by atoms with E-state index in [4.69, 9.17) is 9.52 Å². The first kappa shape index (κ1) is 14.2. The number of aliphatic carboxylic acids is 1. The lowest BCUT2D eigenvalue weighted by Gasteiger charge is -2.14. The summed E-state index contributed by atoms with van der Waals surface area (Å²) in [5, 5.41) is 10.5. The summed E-state index contributed by atoms with van der Waals surface area (Å²) in [7, 11) is 1.42. The second kappa shape index (κ2) is 6.20. The number of nitrogens with zero attached hydrogens (tertiary/aromatic N) is 1. The van der Waals surface area contributed by atoms with E-state index in [1.807, 2.05) is 0 Å². The molecule has 0 fully saturated rings. The monoisotopic (exact) mass is 318 g/mol. The van der Waals surface area contributed by atoms with Gasteiger partial charge in [-0.25, -0.2) is 0 Å². The number of carbonyl (C=O) groups is 3. The van der Waals surface area contributed by atoms with Gasteiger partial charge < -0.3 is 19.7 Å². The minimum Gasteiger partial charge on any atom is -0.480 e. The fraction of sp³-hybridized carbons (Fsp3) is 0.300. The molecule has 2 N–H and O–H groups in total. The molecule has 0 saturated heterocycles. The molecule has 0 atom stereocenters.